The monoisotopic (exact) mass is 374 g/mol. The highest BCUT2D eigenvalue weighted by atomic mass is 15.1. The maximum atomic E-state index is 4.83. The molecular weight excluding hydrogens is 344 g/mol. The first kappa shape index (κ1) is 20.0. The molecule has 1 N–H and O–H groups in total. The highest BCUT2D eigenvalue weighted by Crippen LogP contribution is 2.25. The van der Waals surface area contributed by atoms with Gasteiger partial charge in [0, 0.05) is 17.8 Å². The number of benzene rings is 1. The van der Waals surface area contributed by atoms with E-state index in [0.29, 0.717) is 17.4 Å². The Hall–Kier alpha value is -2.75. The summed E-state index contributed by atoms with van der Waals surface area (Å²) in [6.45, 7) is 8.94. The quantitative estimate of drug-likeness (QED) is 0.472. The second kappa shape index (κ2) is 9.45. The molecule has 0 aliphatic rings. The third kappa shape index (κ3) is 4.75. The molecular formula is C24H30N4. The second-order valence-corrected chi connectivity index (χ2v) is 7.37. The van der Waals surface area contributed by atoms with E-state index in [1.54, 1.807) is 6.20 Å². The lowest BCUT2D eigenvalue weighted by molar-refractivity contribution is 0.531. The van der Waals surface area contributed by atoms with Crippen LogP contribution in [0.5, 0.6) is 0 Å². The Labute approximate surface area is 168 Å². The normalized spacial score (nSPS) is 14.1. The minimum absolute atomic E-state index is 0.174. The Morgan fingerprint density at radius 3 is 2.57 bits per heavy atom. The van der Waals surface area contributed by atoms with Gasteiger partial charge < -0.3 is 5.32 Å². The molecule has 28 heavy (non-hydrogen) atoms. The van der Waals surface area contributed by atoms with Crippen LogP contribution in [0.15, 0.2) is 60.3 Å². The van der Waals surface area contributed by atoms with Crippen LogP contribution in [0.1, 0.15) is 47.0 Å². The van der Waals surface area contributed by atoms with Gasteiger partial charge in [-0.1, -0.05) is 62.2 Å². The average Bonchev–Trinajstić information content (AvgIpc) is 2.72. The molecule has 2 atom stereocenters. The molecule has 146 valence electrons. The summed E-state index contributed by atoms with van der Waals surface area (Å²) < 4.78 is 0. The Bertz CT molecular complexity index is 934. The molecule has 1 aromatic carbocycles. The van der Waals surface area contributed by atoms with Crippen LogP contribution in [-0.2, 0) is 0 Å². The molecule has 4 heteroatoms. The van der Waals surface area contributed by atoms with Crippen molar-refractivity contribution < 1.29 is 0 Å². The van der Waals surface area contributed by atoms with Crippen LogP contribution in [0.3, 0.4) is 0 Å². The predicted molar refractivity (Wildman–Crippen MR) is 118 cm³/mol. The van der Waals surface area contributed by atoms with Gasteiger partial charge in [0.25, 0.3) is 0 Å². The van der Waals surface area contributed by atoms with Gasteiger partial charge in [0.2, 0.25) is 0 Å². The Balaban J connectivity index is 1.93. The number of aromatic nitrogens is 3. The predicted octanol–water partition coefficient (Wildman–Crippen LogP) is 6.26. The van der Waals surface area contributed by atoms with E-state index in [0.717, 1.165) is 16.8 Å². The van der Waals surface area contributed by atoms with E-state index in [1.807, 2.05) is 42.5 Å². The van der Waals surface area contributed by atoms with Gasteiger partial charge in [-0.05, 0) is 44.7 Å². The van der Waals surface area contributed by atoms with Gasteiger partial charge in [-0.25, -0.2) is 15.0 Å². The smallest absolute Gasteiger partial charge is 0.165 e. The number of nitrogens with one attached hydrogen (secondary N) is 1. The van der Waals surface area contributed by atoms with Crippen molar-refractivity contribution in [1.82, 2.24) is 15.0 Å². The average molecular weight is 375 g/mol. The summed E-state index contributed by atoms with van der Waals surface area (Å²) in [7, 11) is 0. The fourth-order valence-electron chi connectivity index (χ4n) is 3.68. The Kier molecular flexibility index (Phi) is 6.75. The first-order chi connectivity index (χ1) is 13.6. The zero-order chi connectivity index (χ0) is 19.9. The maximum Gasteiger partial charge on any atom is 0.165 e. The first-order valence-corrected chi connectivity index (χ1v) is 10.2. The summed E-state index contributed by atoms with van der Waals surface area (Å²) >= 11 is 0. The van der Waals surface area contributed by atoms with E-state index in [4.69, 9.17) is 4.98 Å². The van der Waals surface area contributed by atoms with Crippen molar-refractivity contribution in [2.75, 3.05) is 5.32 Å². The van der Waals surface area contributed by atoms with Gasteiger partial charge in [-0.15, -0.1) is 0 Å². The minimum atomic E-state index is 0.174. The molecule has 2 aromatic heterocycles. The summed E-state index contributed by atoms with van der Waals surface area (Å²) in [5.41, 5.74) is 3.15. The highest BCUT2D eigenvalue weighted by Gasteiger charge is 2.13. The largest absolute Gasteiger partial charge is 0.363 e. The topological polar surface area (TPSA) is 50.7 Å². The zero-order valence-electron chi connectivity index (χ0n) is 17.3. The molecule has 4 nitrogen and oxygen atoms in total. The van der Waals surface area contributed by atoms with Gasteiger partial charge in [0.15, 0.2) is 11.5 Å². The van der Waals surface area contributed by atoms with Crippen LogP contribution in [0.4, 0.5) is 5.82 Å². The molecule has 3 rings (SSSR count). The minimum Gasteiger partial charge on any atom is -0.363 e. The van der Waals surface area contributed by atoms with Gasteiger partial charge >= 0.3 is 0 Å². The molecule has 2 heterocycles. The first-order valence-electron chi connectivity index (χ1n) is 10.2. The molecule has 0 bridgehead atoms. The standard InChI is InChI=1S/C24H30N4/c1-5-11-19(6-2)17(3)16-18(4)26-24-21-14-10-15-25-23(21)27-22(28-24)20-12-8-7-9-13-20/h7-10,12-16,18-19H,5-6,11H2,1-4H3,(H,25,26,27,28)/b17-16-. The summed E-state index contributed by atoms with van der Waals surface area (Å²) in [6, 6.07) is 14.2. The molecule has 2 unspecified atom stereocenters. The maximum absolute atomic E-state index is 4.83. The SMILES string of the molecule is CCCC(CC)/C(C)=C\C(C)Nc1nc(-c2ccccc2)nc2ncccc12. The summed E-state index contributed by atoms with van der Waals surface area (Å²) in [6.07, 6.45) is 7.74. The van der Waals surface area contributed by atoms with Gasteiger partial charge in [-0.2, -0.15) is 0 Å². The molecule has 0 spiro atoms. The second-order valence-electron chi connectivity index (χ2n) is 7.37. The van der Waals surface area contributed by atoms with Crippen molar-refractivity contribution in [2.45, 2.75) is 53.0 Å². The number of allylic oxidation sites excluding steroid dienone is 1. The van der Waals surface area contributed by atoms with Crippen LogP contribution in [0, 0.1) is 5.92 Å². The zero-order valence-corrected chi connectivity index (χ0v) is 17.3. The fourth-order valence-corrected chi connectivity index (χ4v) is 3.68. The van der Waals surface area contributed by atoms with Gasteiger partial charge in [0.05, 0.1) is 5.39 Å². The summed E-state index contributed by atoms with van der Waals surface area (Å²) in [5, 5.41) is 4.52. The van der Waals surface area contributed by atoms with Crippen molar-refractivity contribution in [3.05, 3.63) is 60.3 Å². The van der Waals surface area contributed by atoms with Crippen molar-refractivity contribution in [2.24, 2.45) is 5.92 Å². The van der Waals surface area contributed by atoms with E-state index in [1.165, 1.54) is 24.8 Å². The molecule has 0 saturated heterocycles. The number of anilines is 1. The van der Waals surface area contributed by atoms with Crippen molar-refractivity contribution in [3.63, 3.8) is 0 Å². The summed E-state index contributed by atoms with van der Waals surface area (Å²) in [5.74, 6) is 2.18. The van der Waals surface area contributed by atoms with Crippen LogP contribution >= 0.6 is 0 Å². The molecule has 0 saturated carbocycles. The lowest BCUT2D eigenvalue weighted by Crippen LogP contribution is -2.16. The van der Waals surface area contributed by atoms with Crippen molar-refractivity contribution in [1.29, 1.82) is 0 Å². The van der Waals surface area contributed by atoms with Crippen molar-refractivity contribution >= 4 is 16.9 Å². The van der Waals surface area contributed by atoms with Crippen LogP contribution in [-0.4, -0.2) is 21.0 Å². The molecule has 0 fully saturated rings. The molecule has 0 aliphatic carbocycles. The lowest BCUT2D eigenvalue weighted by Gasteiger charge is -2.19. The van der Waals surface area contributed by atoms with E-state index >= 15 is 0 Å². The van der Waals surface area contributed by atoms with E-state index in [-0.39, 0.29) is 6.04 Å². The number of fused-ring (bicyclic) bond motifs is 1. The van der Waals surface area contributed by atoms with Gasteiger partial charge in [-0.3, -0.25) is 0 Å². The van der Waals surface area contributed by atoms with Crippen molar-refractivity contribution in [3.8, 4) is 11.4 Å². The van der Waals surface area contributed by atoms with E-state index < -0.39 is 0 Å². The number of rotatable bonds is 8. The third-order valence-corrected chi connectivity index (χ3v) is 5.15. The highest BCUT2D eigenvalue weighted by molar-refractivity contribution is 5.88. The van der Waals surface area contributed by atoms with E-state index in [2.05, 4.69) is 49.1 Å². The van der Waals surface area contributed by atoms with Crippen LogP contribution < -0.4 is 5.32 Å². The molecule has 3 aromatic rings. The lowest BCUT2D eigenvalue weighted by atomic mass is 9.92. The Morgan fingerprint density at radius 1 is 1.07 bits per heavy atom. The number of hydrogen-bond acceptors (Lipinski definition) is 4. The number of nitrogens with zero attached hydrogens (tertiary/aromatic N) is 3. The Morgan fingerprint density at radius 2 is 1.86 bits per heavy atom. The molecule has 0 amide bonds. The fraction of sp³-hybridized carbons (Fsp3) is 0.375. The van der Waals surface area contributed by atoms with Crippen LogP contribution in [0.25, 0.3) is 22.4 Å². The van der Waals surface area contributed by atoms with Gasteiger partial charge in [0.1, 0.15) is 5.82 Å². The third-order valence-electron chi connectivity index (χ3n) is 5.15. The van der Waals surface area contributed by atoms with E-state index in [9.17, 15) is 0 Å². The molecule has 0 aliphatic heterocycles. The number of hydrogen-bond donors (Lipinski definition) is 1. The number of pyridine rings is 1. The molecule has 0 radical (unpaired) electrons. The van der Waals surface area contributed by atoms with Crippen LogP contribution in [0.2, 0.25) is 0 Å². The summed E-state index contributed by atoms with van der Waals surface area (Å²) in [4.78, 5) is 13.9.